The summed E-state index contributed by atoms with van der Waals surface area (Å²) in [6.45, 7) is 2.68. The topological polar surface area (TPSA) is 68.2 Å². The van der Waals surface area contributed by atoms with Gasteiger partial charge in [0, 0.05) is 55.3 Å². The van der Waals surface area contributed by atoms with Gasteiger partial charge in [0.05, 0.1) is 18.2 Å². The molecule has 2 aromatic rings. The lowest BCUT2D eigenvalue weighted by molar-refractivity contribution is -0.135. The molecule has 1 amide bonds. The van der Waals surface area contributed by atoms with Gasteiger partial charge in [-0.25, -0.2) is 9.97 Å². The molecule has 0 bridgehead atoms. The third kappa shape index (κ3) is 2.89. The van der Waals surface area contributed by atoms with Crippen LogP contribution in [0.5, 0.6) is 0 Å². The van der Waals surface area contributed by atoms with Gasteiger partial charge in [0.1, 0.15) is 6.33 Å². The monoisotopic (exact) mass is 324 g/mol. The maximum Gasteiger partial charge on any atom is 0.228 e. The first-order chi connectivity index (χ1) is 11.8. The molecule has 4 rings (SSSR count). The highest BCUT2D eigenvalue weighted by Crippen LogP contribution is 2.26. The second-order valence-electron chi connectivity index (χ2n) is 6.28. The lowest BCUT2D eigenvalue weighted by atomic mass is 10.0. The maximum atomic E-state index is 12.7. The van der Waals surface area contributed by atoms with E-state index in [1.807, 2.05) is 23.2 Å². The van der Waals surface area contributed by atoms with E-state index in [1.165, 1.54) is 0 Å². The number of ether oxygens (including phenoxy) is 1. The minimum absolute atomic E-state index is 0.0232. The Hall–Kier alpha value is -2.34. The zero-order valence-corrected chi connectivity index (χ0v) is 13.5. The van der Waals surface area contributed by atoms with Crippen molar-refractivity contribution in [3.63, 3.8) is 0 Å². The van der Waals surface area contributed by atoms with E-state index in [2.05, 4.69) is 15.0 Å². The molecular weight excluding hydrogens is 304 g/mol. The molecule has 1 fully saturated rings. The first-order valence-corrected chi connectivity index (χ1v) is 8.42. The van der Waals surface area contributed by atoms with Crippen LogP contribution in [0.4, 0.5) is 0 Å². The SMILES string of the molecule is O=C(C1CCOC1)N1CCc2ncnc(-c3cccnc3)c2CC1. The number of amides is 1. The highest BCUT2D eigenvalue weighted by atomic mass is 16.5. The van der Waals surface area contributed by atoms with Crippen molar-refractivity contribution in [1.82, 2.24) is 19.9 Å². The average Bonchev–Trinajstić information content (AvgIpc) is 3.08. The molecule has 0 N–H and O–H groups in total. The van der Waals surface area contributed by atoms with E-state index in [9.17, 15) is 4.79 Å². The number of carbonyl (C=O) groups excluding carboxylic acids is 1. The number of hydrogen-bond acceptors (Lipinski definition) is 5. The maximum absolute atomic E-state index is 12.7. The van der Waals surface area contributed by atoms with E-state index < -0.39 is 0 Å². The summed E-state index contributed by atoms with van der Waals surface area (Å²) in [5.74, 6) is 0.242. The zero-order valence-electron chi connectivity index (χ0n) is 13.5. The van der Waals surface area contributed by atoms with Gasteiger partial charge in [-0.05, 0) is 25.0 Å². The lowest BCUT2D eigenvalue weighted by Crippen LogP contribution is -2.38. The molecule has 24 heavy (non-hydrogen) atoms. The Labute approximate surface area is 140 Å². The van der Waals surface area contributed by atoms with Crippen molar-refractivity contribution < 1.29 is 9.53 Å². The lowest BCUT2D eigenvalue weighted by Gasteiger charge is -2.23. The van der Waals surface area contributed by atoms with Crippen molar-refractivity contribution in [3.05, 3.63) is 42.1 Å². The van der Waals surface area contributed by atoms with E-state index in [-0.39, 0.29) is 11.8 Å². The summed E-state index contributed by atoms with van der Waals surface area (Å²) in [6, 6.07) is 3.93. The van der Waals surface area contributed by atoms with Gasteiger partial charge in [0.2, 0.25) is 5.91 Å². The van der Waals surface area contributed by atoms with Gasteiger partial charge in [-0.15, -0.1) is 0 Å². The Morgan fingerprint density at radius 1 is 1.25 bits per heavy atom. The molecule has 0 aromatic carbocycles. The molecule has 0 spiro atoms. The van der Waals surface area contributed by atoms with Crippen molar-refractivity contribution in [2.75, 3.05) is 26.3 Å². The smallest absolute Gasteiger partial charge is 0.228 e. The van der Waals surface area contributed by atoms with Crippen LogP contribution in [0.2, 0.25) is 0 Å². The molecular formula is C18H20N4O2. The summed E-state index contributed by atoms with van der Waals surface area (Å²) in [5.41, 5.74) is 4.12. The Morgan fingerprint density at radius 2 is 2.17 bits per heavy atom. The first kappa shape index (κ1) is 15.2. The van der Waals surface area contributed by atoms with Gasteiger partial charge in [0.25, 0.3) is 0 Å². The molecule has 1 saturated heterocycles. The van der Waals surface area contributed by atoms with Crippen molar-refractivity contribution >= 4 is 5.91 Å². The van der Waals surface area contributed by atoms with Gasteiger partial charge in [0.15, 0.2) is 0 Å². The van der Waals surface area contributed by atoms with Crippen LogP contribution in [0.1, 0.15) is 17.7 Å². The van der Waals surface area contributed by atoms with E-state index in [0.29, 0.717) is 26.3 Å². The molecule has 1 atom stereocenters. The molecule has 6 nitrogen and oxygen atoms in total. The molecule has 0 aliphatic carbocycles. The summed E-state index contributed by atoms with van der Waals surface area (Å²) in [7, 11) is 0. The quantitative estimate of drug-likeness (QED) is 0.837. The minimum Gasteiger partial charge on any atom is -0.381 e. The van der Waals surface area contributed by atoms with Crippen LogP contribution in [-0.2, 0) is 22.4 Å². The molecule has 124 valence electrons. The fraction of sp³-hybridized carbons (Fsp3) is 0.444. The summed E-state index contributed by atoms with van der Waals surface area (Å²) < 4.78 is 5.36. The van der Waals surface area contributed by atoms with Gasteiger partial charge in [-0.2, -0.15) is 0 Å². The largest absolute Gasteiger partial charge is 0.381 e. The molecule has 0 radical (unpaired) electrons. The van der Waals surface area contributed by atoms with E-state index in [0.717, 1.165) is 41.8 Å². The van der Waals surface area contributed by atoms with Gasteiger partial charge >= 0.3 is 0 Å². The molecule has 6 heteroatoms. The van der Waals surface area contributed by atoms with E-state index >= 15 is 0 Å². The predicted molar refractivity (Wildman–Crippen MR) is 88.2 cm³/mol. The third-order valence-corrected chi connectivity index (χ3v) is 4.81. The molecule has 4 heterocycles. The standard InChI is InChI=1S/C18H20N4O2/c23-18(14-5-9-24-11-14)22-7-3-15-16(4-8-22)20-12-21-17(15)13-2-1-6-19-10-13/h1-2,6,10,12,14H,3-5,7-9,11H2. The summed E-state index contributed by atoms with van der Waals surface area (Å²) >= 11 is 0. The second-order valence-corrected chi connectivity index (χ2v) is 6.28. The normalized spacial score (nSPS) is 20.5. The van der Waals surface area contributed by atoms with Crippen LogP contribution in [0.15, 0.2) is 30.9 Å². The number of pyridine rings is 1. The number of hydrogen-bond donors (Lipinski definition) is 0. The minimum atomic E-state index is 0.0232. The Morgan fingerprint density at radius 3 is 2.96 bits per heavy atom. The first-order valence-electron chi connectivity index (χ1n) is 8.42. The van der Waals surface area contributed by atoms with Crippen LogP contribution in [0.25, 0.3) is 11.3 Å². The van der Waals surface area contributed by atoms with Crippen LogP contribution in [0.3, 0.4) is 0 Å². The zero-order chi connectivity index (χ0) is 16.4. The molecule has 2 aliphatic rings. The van der Waals surface area contributed by atoms with Crippen LogP contribution in [-0.4, -0.2) is 52.1 Å². The number of carbonyl (C=O) groups is 1. The highest BCUT2D eigenvalue weighted by Gasteiger charge is 2.29. The Kier molecular flexibility index (Phi) is 4.21. The fourth-order valence-electron chi connectivity index (χ4n) is 3.49. The fourth-order valence-corrected chi connectivity index (χ4v) is 3.49. The van der Waals surface area contributed by atoms with Crippen LogP contribution >= 0.6 is 0 Å². The van der Waals surface area contributed by atoms with E-state index in [4.69, 9.17) is 4.74 Å². The molecule has 2 aromatic heterocycles. The van der Waals surface area contributed by atoms with Gasteiger partial charge < -0.3 is 9.64 Å². The average molecular weight is 324 g/mol. The van der Waals surface area contributed by atoms with Gasteiger partial charge in [-0.3, -0.25) is 9.78 Å². The molecule has 1 unspecified atom stereocenters. The van der Waals surface area contributed by atoms with Crippen LogP contribution in [0, 0.1) is 5.92 Å². The predicted octanol–water partition coefficient (Wildman–Crippen LogP) is 1.50. The van der Waals surface area contributed by atoms with Crippen molar-refractivity contribution in [3.8, 4) is 11.3 Å². The number of fused-ring (bicyclic) bond motifs is 1. The molecule has 0 saturated carbocycles. The summed E-state index contributed by atoms with van der Waals surface area (Å²) in [5, 5.41) is 0. The Bertz CT molecular complexity index is 729. The second kappa shape index (κ2) is 6.65. The number of rotatable bonds is 2. The molecule has 2 aliphatic heterocycles. The van der Waals surface area contributed by atoms with Crippen LogP contribution < -0.4 is 0 Å². The summed E-state index contributed by atoms with van der Waals surface area (Å²) in [6.07, 6.45) is 7.58. The third-order valence-electron chi connectivity index (χ3n) is 4.81. The van der Waals surface area contributed by atoms with Crippen molar-refractivity contribution in [2.45, 2.75) is 19.3 Å². The van der Waals surface area contributed by atoms with Crippen molar-refractivity contribution in [1.29, 1.82) is 0 Å². The number of nitrogens with zero attached hydrogens (tertiary/aromatic N) is 4. The summed E-state index contributed by atoms with van der Waals surface area (Å²) in [4.78, 5) is 27.8. The van der Waals surface area contributed by atoms with Crippen molar-refractivity contribution in [2.24, 2.45) is 5.92 Å². The highest BCUT2D eigenvalue weighted by molar-refractivity contribution is 5.79. The van der Waals surface area contributed by atoms with Gasteiger partial charge in [-0.1, -0.05) is 0 Å². The number of aromatic nitrogens is 3. The van der Waals surface area contributed by atoms with E-state index in [1.54, 1.807) is 12.5 Å². The Balaban J connectivity index is 1.58.